The summed E-state index contributed by atoms with van der Waals surface area (Å²) in [5.41, 5.74) is 0.00403. The average molecular weight is 209 g/mol. The zero-order valence-electron chi connectivity index (χ0n) is 9.69. The lowest BCUT2D eigenvalue weighted by Gasteiger charge is -2.23. The van der Waals surface area contributed by atoms with Crippen LogP contribution in [0.2, 0.25) is 0 Å². The molecule has 0 aliphatic heterocycles. The highest BCUT2D eigenvalue weighted by Crippen LogP contribution is 2.21. The third-order valence-corrected chi connectivity index (χ3v) is 3.10. The predicted octanol–water partition coefficient (Wildman–Crippen LogP) is 1.07. The average Bonchev–Trinajstić information content (AvgIpc) is 2.92. The van der Waals surface area contributed by atoms with Gasteiger partial charge in [-0.05, 0) is 43.5 Å². The minimum atomic E-state index is 0.00403. The Morgan fingerprint density at radius 1 is 1.47 bits per heavy atom. The van der Waals surface area contributed by atoms with E-state index >= 15 is 0 Å². The second-order valence-electron chi connectivity index (χ2n) is 4.83. The van der Waals surface area contributed by atoms with E-state index in [4.69, 9.17) is 0 Å². The van der Waals surface area contributed by atoms with Gasteiger partial charge in [0.2, 0.25) is 0 Å². The first kappa shape index (κ1) is 10.5. The van der Waals surface area contributed by atoms with Crippen molar-refractivity contribution in [2.45, 2.75) is 58.2 Å². The molecule has 1 saturated carbocycles. The van der Waals surface area contributed by atoms with E-state index in [9.17, 15) is 0 Å². The topological polar surface area (TPSA) is 55.6 Å². The van der Waals surface area contributed by atoms with Crippen molar-refractivity contribution in [3.63, 3.8) is 0 Å². The van der Waals surface area contributed by atoms with Crippen LogP contribution in [0.3, 0.4) is 0 Å². The zero-order valence-corrected chi connectivity index (χ0v) is 9.69. The van der Waals surface area contributed by atoms with Gasteiger partial charge in [-0.25, -0.2) is 4.68 Å². The number of hydrogen-bond acceptors (Lipinski definition) is 4. The molecule has 5 nitrogen and oxygen atoms in total. The maximum Gasteiger partial charge on any atom is 0.165 e. The zero-order chi connectivity index (χ0) is 10.9. The molecule has 15 heavy (non-hydrogen) atoms. The molecule has 0 aromatic carbocycles. The molecule has 84 valence electrons. The van der Waals surface area contributed by atoms with Gasteiger partial charge in [-0.3, -0.25) is 0 Å². The Morgan fingerprint density at radius 3 is 2.80 bits per heavy atom. The smallest absolute Gasteiger partial charge is 0.165 e. The Morgan fingerprint density at radius 2 is 2.20 bits per heavy atom. The van der Waals surface area contributed by atoms with Gasteiger partial charge in [0.05, 0.1) is 12.1 Å². The van der Waals surface area contributed by atoms with Gasteiger partial charge in [-0.2, -0.15) is 0 Å². The fourth-order valence-electron chi connectivity index (χ4n) is 1.46. The second kappa shape index (κ2) is 3.89. The van der Waals surface area contributed by atoms with E-state index in [-0.39, 0.29) is 5.54 Å². The summed E-state index contributed by atoms with van der Waals surface area (Å²) >= 11 is 0. The van der Waals surface area contributed by atoms with Gasteiger partial charge in [0, 0.05) is 6.04 Å². The van der Waals surface area contributed by atoms with Crippen molar-refractivity contribution in [2.24, 2.45) is 0 Å². The maximum atomic E-state index is 4.07. The molecular formula is C10H19N5. The van der Waals surface area contributed by atoms with Crippen LogP contribution in [-0.2, 0) is 12.1 Å². The summed E-state index contributed by atoms with van der Waals surface area (Å²) < 4.78 is 1.93. The van der Waals surface area contributed by atoms with E-state index in [0.717, 1.165) is 18.8 Å². The number of aromatic nitrogens is 4. The number of rotatable bonds is 5. The number of tetrazole rings is 1. The summed E-state index contributed by atoms with van der Waals surface area (Å²) in [6.45, 7) is 7.24. The minimum Gasteiger partial charge on any atom is -0.307 e. The second-order valence-corrected chi connectivity index (χ2v) is 4.83. The van der Waals surface area contributed by atoms with Gasteiger partial charge in [0.15, 0.2) is 5.82 Å². The molecule has 0 spiro atoms. The van der Waals surface area contributed by atoms with Gasteiger partial charge >= 0.3 is 0 Å². The minimum absolute atomic E-state index is 0.00403. The van der Waals surface area contributed by atoms with Crippen LogP contribution in [0.5, 0.6) is 0 Å². The lowest BCUT2D eigenvalue weighted by Crippen LogP contribution is -2.30. The summed E-state index contributed by atoms with van der Waals surface area (Å²) in [6.07, 6.45) is 3.60. The largest absolute Gasteiger partial charge is 0.307 e. The van der Waals surface area contributed by atoms with Crippen LogP contribution in [0.4, 0.5) is 0 Å². The van der Waals surface area contributed by atoms with E-state index in [0.29, 0.717) is 6.04 Å². The molecule has 1 heterocycles. The summed E-state index contributed by atoms with van der Waals surface area (Å²) in [6, 6.07) is 0.694. The van der Waals surface area contributed by atoms with Crippen molar-refractivity contribution in [1.82, 2.24) is 25.5 Å². The highest BCUT2D eigenvalue weighted by Gasteiger charge is 2.25. The Kier molecular flexibility index (Phi) is 2.73. The molecule has 0 bridgehead atoms. The fourth-order valence-corrected chi connectivity index (χ4v) is 1.46. The monoisotopic (exact) mass is 209 g/mol. The molecule has 0 unspecified atom stereocenters. The molecule has 1 aliphatic carbocycles. The van der Waals surface area contributed by atoms with Gasteiger partial charge in [-0.15, -0.1) is 5.10 Å². The first-order valence-electron chi connectivity index (χ1n) is 5.64. The third kappa shape index (κ3) is 2.34. The van der Waals surface area contributed by atoms with Crippen molar-refractivity contribution in [3.05, 3.63) is 5.82 Å². The molecule has 1 fully saturated rings. The summed E-state index contributed by atoms with van der Waals surface area (Å²) in [7, 11) is 0. The van der Waals surface area contributed by atoms with E-state index in [2.05, 4.69) is 41.6 Å². The Bertz CT molecular complexity index is 326. The van der Waals surface area contributed by atoms with Crippen LogP contribution in [0, 0.1) is 0 Å². The molecule has 1 aliphatic rings. The number of nitrogens with one attached hydrogen (secondary N) is 1. The molecule has 1 aromatic rings. The third-order valence-electron chi connectivity index (χ3n) is 3.10. The molecule has 0 amide bonds. The summed E-state index contributed by atoms with van der Waals surface area (Å²) in [4.78, 5) is 0. The maximum absolute atomic E-state index is 4.07. The molecule has 0 atom stereocenters. The Labute approximate surface area is 90.2 Å². The Balaban J connectivity index is 2.06. The highest BCUT2D eigenvalue weighted by atomic mass is 15.6. The van der Waals surface area contributed by atoms with Gasteiger partial charge in [-0.1, -0.05) is 6.92 Å². The van der Waals surface area contributed by atoms with Crippen molar-refractivity contribution in [1.29, 1.82) is 0 Å². The number of nitrogens with zero attached hydrogens (tertiary/aromatic N) is 4. The normalized spacial score (nSPS) is 17.0. The van der Waals surface area contributed by atoms with Crippen LogP contribution >= 0.6 is 0 Å². The van der Waals surface area contributed by atoms with Crippen LogP contribution in [-0.4, -0.2) is 26.2 Å². The fraction of sp³-hybridized carbons (Fsp3) is 0.900. The van der Waals surface area contributed by atoms with Crippen molar-refractivity contribution in [3.8, 4) is 0 Å². The van der Waals surface area contributed by atoms with Crippen molar-refractivity contribution < 1.29 is 0 Å². The molecule has 1 aromatic heterocycles. The molecule has 2 rings (SSSR count). The first-order valence-corrected chi connectivity index (χ1v) is 5.64. The van der Waals surface area contributed by atoms with Crippen molar-refractivity contribution >= 4 is 0 Å². The molecule has 1 N–H and O–H groups in total. The van der Waals surface area contributed by atoms with Crippen LogP contribution in [0.25, 0.3) is 0 Å². The lowest BCUT2D eigenvalue weighted by molar-refractivity contribution is 0.289. The van der Waals surface area contributed by atoms with Gasteiger partial charge in [0.1, 0.15) is 0 Å². The predicted molar refractivity (Wildman–Crippen MR) is 57.3 cm³/mol. The van der Waals surface area contributed by atoms with E-state index in [1.807, 2.05) is 4.68 Å². The van der Waals surface area contributed by atoms with Crippen molar-refractivity contribution in [2.75, 3.05) is 0 Å². The Hall–Kier alpha value is -0.970. The lowest BCUT2D eigenvalue weighted by atomic mass is 10.0. The van der Waals surface area contributed by atoms with Gasteiger partial charge < -0.3 is 5.32 Å². The molecule has 0 saturated heterocycles. The van der Waals surface area contributed by atoms with Gasteiger partial charge in [0.25, 0.3) is 0 Å². The SMILES string of the molecule is CCC(C)(C)n1nnnc1CNC1CC1. The summed E-state index contributed by atoms with van der Waals surface area (Å²) in [5.74, 6) is 0.939. The van der Waals surface area contributed by atoms with E-state index < -0.39 is 0 Å². The first-order chi connectivity index (χ1) is 7.13. The molecule has 5 heteroatoms. The number of hydrogen-bond donors (Lipinski definition) is 1. The summed E-state index contributed by atoms with van der Waals surface area (Å²) in [5, 5.41) is 15.3. The standard InChI is InChI=1S/C10H19N5/c1-4-10(2,3)15-9(12-13-14-15)7-11-8-5-6-8/h8,11H,4-7H2,1-3H3. The van der Waals surface area contributed by atoms with Crippen LogP contribution < -0.4 is 5.32 Å². The van der Waals surface area contributed by atoms with Crippen LogP contribution in [0.15, 0.2) is 0 Å². The molecule has 0 radical (unpaired) electrons. The van der Waals surface area contributed by atoms with E-state index in [1.165, 1.54) is 12.8 Å². The molecular weight excluding hydrogens is 190 g/mol. The van der Waals surface area contributed by atoms with Crippen LogP contribution in [0.1, 0.15) is 45.9 Å². The highest BCUT2D eigenvalue weighted by molar-refractivity contribution is 4.90. The quantitative estimate of drug-likeness (QED) is 0.788. The van der Waals surface area contributed by atoms with E-state index in [1.54, 1.807) is 0 Å².